The van der Waals surface area contributed by atoms with E-state index in [0.29, 0.717) is 11.4 Å². The quantitative estimate of drug-likeness (QED) is 0.623. The smallest absolute Gasteiger partial charge is 0.218 e. The van der Waals surface area contributed by atoms with E-state index in [2.05, 4.69) is 0 Å². The highest BCUT2D eigenvalue weighted by Gasteiger charge is 2.07. The van der Waals surface area contributed by atoms with E-state index in [-0.39, 0.29) is 0 Å². The molecule has 0 aromatic heterocycles. The summed E-state index contributed by atoms with van der Waals surface area (Å²) in [4.78, 5) is 12.7. The third-order valence-electron chi connectivity index (χ3n) is 2.45. The number of nitrogens with zero attached hydrogens (tertiary/aromatic N) is 1. The molecular weight excluding hydrogens is 214 g/mol. The average Bonchev–Trinajstić information content (AvgIpc) is 2.35. The first-order valence-corrected chi connectivity index (χ1v) is 5.16. The van der Waals surface area contributed by atoms with E-state index in [1.165, 1.54) is 4.90 Å². The summed E-state index contributed by atoms with van der Waals surface area (Å²) in [6.07, 6.45) is 0.761. The lowest BCUT2D eigenvalue weighted by molar-refractivity contribution is -0.106. The number of nitrogens with two attached hydrogens (primary N) is 2. The van der Waals surface area contributed by atoms with Crippen LogP contribution in [0.25, 0.3) is 0 Å². The number of rotatable bonds is 3. The van der Waals surface area contributed by atoms with Gasteiger partial charge in [0.25, 0.3) is 0 Å². The Bertz CT molecular complexity index is 460. The number of benzene rings is 2. The van der Waals surface area contributed by atoms with Crippen LogP contribution < -0.4 is 16.4 Å². The van der Waals surface area contributed by atoms with Gasteiger partial charge in [0.05, 0.1) is 0 Å². The standard InChI is InChI=1S/C13H13N3O/c14-10-1-5-12(6-2-10)16(9-17)13-7-3-11(15)4-8-13/h1-9H,14-15H2. The van der Waals surface area contributed by atoms with Gasteiger partial charge in [-0.3, -0.25) is 9.69 Å². The van der Waals surface area contributed by atoms with E-state index >= 15 is 0 Å². The number of carbonyl (C=O) groups excluding carboxylic acids is 1. The van der Waals surface area contributed by atoms with Crippen molar-refractivity contribution in [2.45, 2.75) is 0 Å². The topological polar surface area (TPSA) is 72.3 Å². The molecule has 2 aromatic rings. The minimum atomic E-state index is 0.664. The molecule has 0 aliphatic heterocycles. The average molecular weight is 227 g/mol. The lowest BCUT2D eigenvalue weighted by atomic mass is 10.2. The van der Waals surface area contributed by atoms with Crippen LogP contribution in [0.5, 0.6) is 0 Å². The van der Waals surface area contributed by atoms with Crippen molar-refractivity contribution >= 4 is 29.2 Å². The third-order valence-corrected chi connectivity index (χ3v) is 2.45. The number of hydrogen-bond acceptors (Lipinski definition) is 3. The van der Waals surface area contributed by atoms with E-state index in [1.807, 2.05) is 0 Å². The highest BCUT2D eigenvalue weighted by Crippen LogP contribution is 2.25. The van der Waals surface area contributed by atoms with Gasteiger partial charge in [-0.2, -0.15) is 0 Å². The lowest BCUT2D eigenvalue weighted by Crippen LogP contribution is -2.13. The molecule has 0 heterocycles. The molecule has 0 atom stereocenters. The van der Waals surface area contributed by atoms with Crippen LogP contribution in [0.2, 0.25) is 0 Å². The largest absolute Gasteiger partial charge is 0.399 e. The van der Waals surface area contributed by atoms with E-state index in [0.717, 1.165) is 17.8 Å². The molecular formula is C13H13N3O. The summed E-state index contributed by atoms with van der Waals surface area (Å²) in [5, 5.41) is 0. The second-order valence-corrected chi connectivity index (χ2v) is 3.66. The zero-order chi connectivity index (χ0) is 12.3. The first-order chi connectivity index (χ1) is 8.20. The Balaban J connectivity index is 2.36. The molecule has 0 spiro atoms. The molecule has 4 N–H and O–H groups in total. The predicted octanol–water partition coefficient (Wildman–Crippen LogP) is 2.15. The van der Waals surface area contributed by atoms with E-state index in [1.54, 1.807) is 48.5 Å². The zero-order valence-corrected chi connectivity index (χ0v) is 9.21. The van der Waals surface area contributed by atoms with Crippen LogP contribution in [-0.2, 0) is 4.79 Å². The number of carbonyl (C=O) groups is 1. The molecule has 1 amide bonds. The van der Waals surface area contributed by atoms with Crippen LogP contribution in [0.15, 0.2) is 48.5 Å². The van der Waals surface area contributed by atoms with Crippen LogP contribution >= 0.6 is 0 Å². The van der Waals surface area contributed by atoms with Gasteiger partial charge >= 0.3 is 0 Å². The summed E-state index contributed by atoms with van der Waals surface area (Å²) in [6.45, 7) is 0. The number of hydrogen-bond donors (Lipinski definition) is 2. The van der Waals surface area contributed by atoms with Gasteiger partial charge in [-0.05, 0) is 48.5 Å². The maximum Gasteiger partial charge on any atom is 0.218 e. The van der Waals surface area contributed by atoms with Gasteiger partial charge in [-0.25, -0.2) is 0 Å². The number of nitrogen functional groups attached to an aromatic ring is 2. The first-order valence-electron chi connectivity index (χ1n) is 5.16. The predicted molar refractivity (Wildman–Crippen MR) is 69.9 cm³/mol. The Morgan fingerprint density at radius 3 is 1.41 bits per heavy atom. The highest BCUT2D eigenvalue weighted by molar-refractivity contribution is 5.86. The third kappa shape index (κ3) is 2.36. The maximum absolute atomic E-state index is 11.1. The molecule has 17 heavy (non-hydrogen) atoms. The molecule has 0 bridgehead atoms. The van der Waals surface area contributed by atoms with Crippen LogP contribution in [0.1, 0.15) is 0 Å². The van der Waals surface area contributed by atoms with Gasteiger partial charge in [0.1, 0.15) is 0 Å². The Labute approximate surface area is 99.5 Å². The monoisotopic (exact) mass is 227 g/mol. The van der Waals surface area contributed by atoms with Crippen LogP contribution in [0.3, 0.4) is 0 Å². The fraction of sp³-hybridized carbons (Fsp3) is 0. The molecule has 2 rings (SSSR count). The van der Waals surface area contributed by atoms with Crippen molar-refractivity contribution < 1.29 is 4.79 Å². The summed E-state index contributed by atoms with van der Waals surface area (Å²) >= 11 is 0. The minimum Gasteiger partial charge on any atom is -0.399 e. The summed E-state index contributed by atoms with van der Waals surface area (Å²) in [5.74, 6) is 0. The van der Waals surface area contributed by atoms with Gasteiger partial charge in [0.2, 0.25) is 6.41 Å². The normalized spacial score (nSPS) is 9.88. The van der Waals surface area contributed by atoms with Crippen molar-refractivity contribution in [3.8, 4) is 0 Å². The van der Waals surface area contributed by atoms with E-state index in [4.69, 9.17) is 11.5 Å². The SMILES string of the molecule is Nc1ccc(N(C=O)c2ccc(N)cc2)cc1. The van der Waals surface area contributed by atoms with Gasteiger partial charge in [-0.15, -0.1) is 0 Å². The van der Waals surface area contributed by atoms with Crippen molar-refractivity contribution in [1.82, 2.24) is 0 Å². The molecule has 2 aromatic carbocycles. The molecule has 0 fully saturated rings. The second-order valence-electron chi connectivity index (χ2n) is 3.66. The fourth-order valence-electron chi connectivity index (χ4n) is 1.54. The molecule has 4 nitrogen and oxygen atoms in total. The summed E-state index contributed by atoms with van der Waals surface area (Å²) in [7, 11) is 0. The second kappa shape index (κ2) is 4.57. The van der Waals surface area contributed by atoms with Crippen LogP contribution in [0.4, 0.5) is 22.7 Å². The molecule has 0 aliphatic carbocycles. The van der Waals surface area contributed by atoms with Crippen molar-refractivity contribution in [3.05, 3.63) is 48.5 Å². The van der Waals surface area contributed by atoms with E-state index in [9.17, 15) is 4.79 Å². The number of anilines is 4. The van der Waals surface area contributed by atoms with Gasteiger partial charge in [0, 0.05) is 22.7 Å². The summed E-state index contributed by atoms with van der Waals surface area (Å²) < 4.78 is 0. The molecule has 4 heteroatoms. The van der Waals surface area contributed by atoms with Crippen LogP contribution in [0, 0.1) is 0 Å². The Morgan fingerprint density at radius 1 is 0.765 bits per heavy atom. The fourth-order valence-corrected chi connectivity index (χ4v) is 1.54. The zero-order valence-electron chi connectivity index (χ0n) is 9.21. The van der Waals surface area contributed by atoms with Crippen molar-refractivity contribution in [2.24, 2.45) is 0 Å². The molecule has 0 radical (unpaired) electrons. The van der Waals surface area contributed by atoms with Gasteiger partial charge in [-0.1, -0.05) is 0 Å². The van der Waals surface area contributed by atoms with Crippen LogP contribution in [-0.4, -0.2) is 6.41 Å². The maximum atomic E-state index is 11.1. The first kappa shape index (κ1) is 11.0. The number of amides is 1. The molecule has 86 valence electrons. The Hall–Kier alpha value is -2.49. The Kier molecular flexibility index (Phi) is 2.96. The van der Waals surface area contributed by atoms with Crippen molar-refractivity contribution in [1.29, 1.82) is 0 Å². The summed E-state index contributed by atoms with van der Waals surface area (Å²) in [6, 6.07) is 14.2. The minimum absolute atomic E-state index is 0.664. The highest BCUT2D eigenvalue weighted by atomic mass is 16.1. The van der Waals surface area contributed by atoms with Crippen molar-refractivity contribution in [3.63, 3.8) is 0 Å². The molecule has 0 saturated heterocycles. The van der Waals surface area contributed by atoms with Gasteiger partial charge < -0.3 is 11.5 Å². The molecule has 0 unspecified atom stereocenters. The molecule has 0 saturated carbocycles. The molecule has 0 aliphatic rings. The Morgan fingerprint density at radius 2 is 1.12 bits per heavy atom. The summed E-state index contributed by atoms with van der Waals surface area (Å²) in [5.41, 5.74) is 14.1. The van der Waals surface area contributed by atoms with E-state index < -0.39 is 0 Å². The van der Waals surface area contributed by atoms with Gasteiger partial charge in [0.15, 0.2) is 0 Å². The van der Waals surface area contributed by atoms with Crippen molar-refractivity contribution in [2.75, 3.05) is 16.4 Å². The lowest BCUT2D eigenvalue weighted by Gasteiger charge is -2.17.